The zero-order valence-corrected chi connectivity index (χ0v) is 10.3. The van der Waals surface area contributed by atoms with Gasteiger partial charge < -0.3 is 10.5 Å². The molecule has 2 N–H and O–H groups in total. The summed E-state index contributed by atoms with van der Waals surface area (Å²) in [4.78, 5) is 4.50. The molecule has 0 unspecified atom stereocenters. The Hall–Kier alpha value is -1.84. The van der Waals surface area contributed by atoms with E-state index in [2.05, 4.69) is 4.98 Å². The summed E-state index contributed by atoms with van der Waals surface area (Å²) in [6, 6.07) is 3.07. The third kappa shape index (κ3) is 1.60. The highest BCUT2D eigenvalue weighted by Gasteiger charge is 2.19. The van der Waals surface area contributed by atoms with Gasteiger partial charge in [-0.15, -0.1) is 0 Å². The fourth-order valence-corrected chi connectivity index (χ4v) is 2.57. The average molecular weight is 246 g/mol. The second kappa shape index (κ2) is 4.12. The van der Waals surface area contributed by atoms with Crippen molar-refractivity contribution in [2.24, 2.45) is 0 Å². The fraction of sp³-hybridized carbons (Fsp3) is 0.357. The molecule has 3 rings (SSSR count). The van der Waals surface area contributed by atoms with E-state index in [1.54, 1.807) is 6.07 Å². The molecule has 0 fully saturated rings. The third-order valence-corrected chi connectivity index (χ3v) is 3.41. The van der Waals surface area contributed by atoms with Crippen LogP contribution in [0.1, 0.15) is 24.6 Å². The fourth-order valence-electron chi connectivity index (χ4n) is 2.57. The lowest BCUT2D eigenvalue weighted by Crippen LogP contribution is -2.01. The first-order valence-electron chi connectivity index (χ1n) is 6.24. The number of nitrogen functional groups attached to an aromatic ring is 1. The summed E-state index contributed by atoms with van der Waals surface area (Å²) in [5.41, 5.74) is 9.66. The van der Waals surface area contributed by atoms with Gasteiger partial charge in [0.05, 0.1) is 12.1 Å². The van der Waals surface area contributed by atoms with Gasteiger partial charge in [0.25, 0.3) is 0 Å². The molecule has 94 valence electrons. The van der Waals surface area contributed by atoms with Gasteiger partial charge >= 0.3 is 0 Å². The van der Waals surface area contributed by atoms with Gasteiger partial charge in [0.1, 0.15) is 0 Å². The Morgan fingerprint density at radius 2 is 2.22 bits per heavy atom. The van der Waals surface area contributed by atoms with Crippen molar-refractivity contribution in [2.45, 2.75) is 26.2 Å². The maximum Gasteiger partial charge on any atom is 0.167 e. The van der Waals surface area contributed by atoms with Gasteiger partial charge in [-0.3, -0.25) is 4.98 Å². The quantitative estimate of drug-likeness (QED) is 0.886. The maximum absolute atomic E-state index is 13.8. The monoisotopic (exact) mass is 246 g/mol. The summed E-state index contributed by atoms with van der Waals surface area (Å²) < 4.78 is 19.0. The molecule has 1 aliphatic rings. The number of nitrogens with zero attached hydrogens (tertiary/aromatic N) is 1. The largest absolute Gasteiger partial charge is 0.491 e. The Balaban J connectivity index is 2.27. The Kier molecular flexibility index (Phi) is 2.58. The second-order valence-electron chi connectivity index (χ2n) is 4.54. The third-order valence-electron chi connectivity index (χ3n) is 3.41. The van der Waals surface area contributed by atoms with Crippen LogP contribution in [0.5, 0.6) is 5.75 Å². The van der Waals surface area contributed by atoms with Gasteiger partial charge in [-0.2, -0.15) is 0 Å². The SMILES string of the molecule is CCOc1cc2c(N)c3c(nc2cc1F)CCC3. The molecule has 0 atom stereocenters. The molecule has 1 aromatic carbocycles. The predicted molar refractivity (Wildman–Crippen MR) is 69.3 cm³/mol. The van der Waals surface area contributed by atoms with E-state index in [0.717, 1.165) is 41.6 Å². The number of rotatable bonds is 2. The summed E-state index contributed by atoms with van der Waals surface area (Å²) in [5.74, 6) is -0.134. The van der Waals surface area contributed by atoms with Gasteiger partial charge in [-0.1, -0.05) is 0 Å². The smallest absolute Gasteiger partial charge is 0.167 e. The van der Waals surface area contributed by atoms with E-state index in [0.29, 0.717) is 12.1 Å². The molecule has 0 saturated carbocycles. The van der Waals surface area contributed by atoms with E-state index in [9.17, 15) is 4.39 Å². The van der Waals surface area contributed by atoms with Gasteiger partial charge in [0, 0.05) is 22.8 Å². The summed E-state index contributed by atoms with van der Waals surface area (Å²) in [6.45, 7) is 2.26. The molecule has 1 aromatic heterocycles. The zero-order valence-electron chi connectivity index (χ0n) is 10.3. The highest BCUT2D eigenvalue weighted by molar-refractivity contribution is 5.93. The van der Waals surface area contributed by atoms with Gasteiger partial charge in [-0.25, -0.2) is 4.39 Å². The van der Waals surface area contributed by atoms with Gasteiger partial charge in [-0.05, 0) is 37.8 Å². The van der Waals surface area contributed by atoms with Crippen molar-refractivity contribution >= 4 is 16.6 Å². The predicted octanol–water partition coefficient (Wildman–Crippen LogP) is 2.84. The van der Waals surface area contributed by atoms with Crippen LogP contribution in [0, 0.1) is 5.82 Å². The minimum Gasteiger partial charge on any atom is -0.491 e. The van der Waals surface area contributed by atoms with E-state index in [-0.39, 0.29) is 11.6 Å². The topological polar surface area (TPSA) is 48.1 Å². The van der Waals surface area contributed by atoms with Crippen LogP contribution >= 0.6 is 0 Å². The number of aromatic nitrogens is 1. The molecule has 0 spiro atoms. The van der Waals surface area contributed by atoms with Crippen LogP contribution in [0.2, 0.25) is 0 Å². The Morgan fingerprint density at radius 1 is 1.39 bits per heavy atom. The summed E-state index contributed by atoms with van der Waals surface area (Å²) in [6.07, 6.45) is 2.97. The molecule has 1 heterocycles. The second-order valence-corrected chi connectivity index (χ2v) is 4.54. The van der Waals surface area contributed by atoms with Crippen molar-refractivity contribution in [3.8, 4) is 5.75 Å². The number of benzene rings is 1. The number of aryl methyl sites for hydroxylation is 1. The maximum atomic E-state index is 13.8. The van der Waals surface area contributed by atoms with Crippen molar-refractivity contribution in [2.75, 3.05) is 12.3 Å². The van der Waals surface area contributed by atoms with Crippen LogP contribution in [0.3, 0.4) is 0 Å². The number of hydrogen-bond acceptors (Lipinski definition) is 3. The molecular weight excluding hydrogens is 231 g/mol. The number of anilines is 1. The number of halogens is 1. The number of hydrogen-bond donors (Lipinski definition) is 1. The van der Waals surface area contributed by atoms with E-state index >= 15 is 0 Å². The van der Waals surface area contributed by atoms with Crippen molar-refractivity contribution in [3.63, 3.8) is 0 Å². The average Bonchev–Trinajstić information content (AvgIpc) is 2.80. The normalized spacial score (nSPS) is 13.9. The highest BCUT2D eigenvalue weighted by Crippen LogP contribution is 2.34. The standard InChI is InChI=1S/C14H15FN2O/c1-2-18-13-6-9-12(7-10(13)15)17-11-5-3-4-8(11)14(9)16/h6-7H,2-5H2,1H3,(H2,16,17). The van der Waals surface area contributed by atoms with Crippen molar-refractivity contribution in [1.82, 2.24) is 4.98 Å². The molecule has 0 bridgehead atoms. The minimum atomic E-state index is -0.380. The lowest BCUT2D eigenvalue weighted by molar-refractivity contribution is 0.322. The first-order chi connectivity index (χ1) is 8.70. The van der Waals surface area contributed by atoms with E-state index in [4.69, 9.17) is 10.5 Å². The van der Waals surface area contributed by atoms with Crippen molar-refractivity contribution < 1.29 is 9.13 Å². The zero-order chi connectivity index (χ0) is 12.7. The van der Waals surface area contributed by atoms with Crippen LogP contribution < -0.4 is 10.5 Å². The van der Waals surface area contributed by atoms with E-state index in [1.165, 1.54) is 6.07 Å². The van der Waals surface area contributed by atoms with Crippen molar-refractivity contribution in [1.29, 1.82) is 0 Å². The van der Waals surface area contributed by atoms with E-state index < -0.39 is 0 Å². The van der Waals surface area contributed by atoms with Crippen LogP contribution in [-0.2, 0) is 12.8 Å². The molecule has 0 saturated heterocycles. The molecule has 4 heteroatoms. The van der Waals surface area contributed by atoms with Gasteiger partial charge in [0.15, 0.2) is 11.6 Å². The Bertz CT molecular complexity index is 625. The number of fused-ring (bicyclic) bond motifs is 2. The molecule has 1 aliphatic carbocycles. The molecule has 18 heavy (non-hydrogen) atoms. The van der Waals surface area contributed by atoms with Gasteiger partial charge in [0.2, 0.25) is 0 Å². The molecule has 0 aliphatic heterocycles. The summed E-state index contributed by atoms with van der Waals surface area (Å²) in [7, 11) is 0. The molecule has 0 amide bonds. The molecule has 2 aromatic rings. The number of ether oxygens (including phenoxy) is 1. The minimum absolute atomic E-state index is 0.247. The Labute approximate surface area is 105 Å². The van der Waals surface area contributed by atoms with Crippen LogP contribution in [-0.4, -0.2) is 11.6 Å². The van der Waals surface area contributed by atoms with Crippen molar-refractivity contribution in [3.05, 3.63) is 29.2 Å². The first-order valence-corrected chi connectivity index (χ1v) is 6.24. The summed E-state index contributed by atoms with van der Waals surface area (Å²) in [5, 5.41) is 0.792. The van der Waals surface area contributed by atoms with E-state index in [1.807, 2.05) is 6.92 Å². The number of pyridine rings is 1. The summed E-state index contributed by atoms with van der Waals surface area (Å²) >= 11 is 0. The highest BCUT2D eigenvalue weighted by atomic mass is 19.1. The Morgan fingerprint density at radius 3 is 3.00 bits per heavy atom. The lowest BCUT2D eigenvalue weighted by Gasteiger charge is -2.11. The van der Waals surface area contributed by atoms with Crippen LogP contribution in [0.15, 0.2) is 12.1 Å². The molecule has 0 radical (unpaired) electrons. The van der Waals surface area contributed by atoms with Crippen LogP contribution in [0.25, 0.3) is 10.9 Å². The first kappa shape index (κ1) is 11.3. The molecular formula is C14H15FN2O. The number of nitrogens with two attached hydrogens (primary N) is 1. The van der Waals surface area contributed by atoms with Crippen LogP contribution in [0.4, 0.5) is 10.1 Å². The lowest BCUT2D eigenvalue weighted by atomic mass is 10.1. The molecule has 3 nitrogen and oxygen atoms in total.